The van der Waals surface area contributed by atoms with E-state index in [1.54, 1.807) is 12.3 Å². The minimum Gasteiger partial charge on any atom is -0.506 e. The van der Waals surface area contributed by atoms with Crippen LogP contribution in [0.4, 0.5) is 0 Å². The lowest BCUT2D eigenvalue weighted by Crippen LogP contribution is -2.04. The van der Waals surface area contributed by atoms with Crippen LogP contribution in [-0.2, 0) is 0 Å². The van der Waals surface area contributed by atoms with E-state index >= 15 is 0 Å². The number of rotatable bonds is 1. The summed E-state index contributed by atoms with van der Waals surface area (Å²) < 4.78 is 0. The number of hydrogen-bond acceptors (Lipinski definition) is 2. The van der Waals surface area contributed by atoms with Gasteiger partial charge in [0.2, 0.25) is 0 Å². The number of aromatic nitrogens is 1. The Hall–Kier alpha value is -0.960. The fourth-order valence-corrected chi connectivity index (χ4v) is 0.739. The van der Waals surface area contributed by atoms with Gasteiger partial charge < -0.3 is 15.8 Å². The lowest BCUT2D eigenvalue weighted by atomic mass is 10.2. The highest BCUT2D eigenvalue weighted by Crippen LogP contribution is 2.18. The molecule has 4 N–H and O–H groups in total. The van der Waals surface area contributed by atoms with Gasteiger partial charge in [0.05, 0.1) is 5.69 Å². The highest BCUT2D eigenvalue weighted by molar-refractivity contribution is 5.27. The van der Waals surface area contributed by atoms with Gasteiger partial charge in [-0.15, -0.1) is 0 Å². The van der Waals surface area contributed by atoms with Crippen LogP contribution in [0.1, 0.15) is 18.7 Å². The molecule has 1 aromatic heterocycles. The molecule has 0 bridgehead atoms. The highest BCUT2D eigenvalue weighted by atomic mass is 16.3. The minimum atomic E-state index is -0.125. The molecule has 50 valence electrons. The van der Waals surface area contributed by atoms with Crippen molar-refractivity contribution in [3.8, 4) is 5.75 Å². The molecule has 0 aliphatic carbocycles. The van der Waals surface area contributed by atoms with E-state index in [1.807, 2.05) is 6.92 Å². The molecule has 3 nitrogen and oxygen atoms in total. The van der Waals surface area contributed by atoms with E-state index in [2.05, 4.69) is 4.98 Å². The zero-order valence-electron chi connectivity index (χ0n) is 5.26. The Kier molecular flexibility index (Phi) is 1.44. The number of nitrogens with two attached hydrogens (primary N) is 1. The molecule has 0 radical (unpaired) electrons. The summed E-state index contributed by atoms with van der Waals surface area (Å²) in [5, 5.41) is 9.01. The molecule has 0 saturated heterocycles. The van der Waals surface area contributed by atoms with Crippen molar-refractivity contribution in [2.45, 2.75) is 13.0 Å². The number of aromatic hydroxyl groups is 1. The van der Waals surface area contributed by atoms with Crippen LogP contribution in [0.15, 0.2) is 12.3 Å². The van der Waals surface area contributed by atoms with E-state index in [4.69, 9.17) is 10.8 Å². The van der Waals surface area contributed by atoms with Crippen LogP contribution in [0.5, 0.6) is 5.75 Å². The number of H-pyrrole nitrogens is 1. The van der Waals surface area contributed by atoms with Crippen molar-refractivity contribution in [1.82, 2.24) is 4.98 Å². The SMILES string of the molecule is CC(N)c1[nH]ccc1O. The fraction of sp³-hybridized carbons (Fsp3) is 0.333. The van der Waals surface area contributed by atoms with E-state index in [9.17, 15) is 0 Å². The Balaban J connectivity index is 2.94. The monoisotopic (exact) mass is 126 g/mol. The molecule has 0 amide bonds. The normalized spacial score (nSPS) is 13.6. The number of hydrogen-bond donors (Lipinski definition) is 3. The third-order valence-corrected chi connectivity index (χ3v) is 1.21. The third-order valence-electron chi connectivity index (χ3n) is 1.21. The molecular formula is C6H10N2O. The predicted octanol–water partition coefficient (Wildman–Crippen LogP) is 0.740. The van der Waals surface area contributed by atoms with E-state index < -0.39 is 0 Å². The first kappa shape index (κ1) is 6.16. The second-order valence-corrected chi connectivity index (χ2v) is 2.07. The first-order valence-electron chi connectivity index (χ1n) is 2.83. The molecule has 1 heterocycles. The van der Waals surface area contributed by atoms with Crippen LogP contribution in [0.3, 0.4) is 0 Å². The summed E-state index contributed by atoms with van der Waals surface area (Å²) >= 11 is 0. The van der Waals surface area contributed by atoms with Crippen LogP contribution in [0, 0.1) is 0 Å². The molecule has 0 fully saturated rings. The summed E-state index contributed by atoms with van der Waals surface area (Å²) in [5.74, 6) is 0.241. The molecule has 1 rings (SSSR count). The zero-order chi connectivity index (χ0) is 6.85. The molecule has 0 saturated carbocycles. The molecule has 1 atom stereocenters. The number of aromatic amines is 1. The minimum absolute atomic E-state index is 0.125. The molecule has 9 heavy (non-hydrogen) atoms. The molecule has 1 aromatic rings. The summed E-state index contributed by atoms with van der Waals surface area (Å²) in [4.78, 5) is 2.83. The average molecular weight is 126 g/mol. The van der Waals surface area contributed by atoms with Crippen LogP contribution in [0.2, 0.25) is 0 Å². The predicted molar refractivity (Wildman–Crippen MR) is 35.1 cm³/mol. The summed E-state index contributed by atoms with van der Waals surface area (Å²) in [6, 6.07) is 1.46. The first-order chi connectivity index (χ1) is 4.22. The maximum Gasteiger partial charge on any atom is 0.137 e. The largest absolute Gasteiger partial charge is 0.506 e. The van der Waals surface area contributed by atoms with E-state index in [-0.39, 0.29) is 11.8 Å². The first-order valence-corrected chi connectivity index (χ1v) is 2.83. The maximum atomic E-state index is 9.01. The molecule has 0 aliphatic heterocycles. The fourth-order valence-electron chi connectivity index (χ4n) is 0.739. The van der Waals surface area contributed by atoms with Crippen molar-refractivity contribution in [3.05, 3.63) is 18.0 Å². The van der Waals surface area contributed by atoms with Crippen LogP contribution in [0.25, 0.3) is 0 Å². The van der Waals surface area contributed by atoms with Gasteiger partial charge in [-0.1, -0.05) is 0 Å². The Labute approximate surface area is 53.5 Å². The van der Waals surface area contributed by atoms with E-state index in [0.29, 0.717) is 5.69 Å². The summed E-state index contributed by atoms with van der Waals surface area (Å²) in [5.41, 5.74) is 6.16. The Morgan fingerprint density at radius 2 is 2.44 bits per heavy atom. The topological polar surface area (TPSA) is 62.0 Å². The highest BCUT2D eigenvalue weighted by Gasteiger charge is 2.04. The van der Waals surface area contributed by atoms with Gasteiger partial charge in [-0.3, -0.25) is 0 Å². The Bertz CT molecular complexity index is 193. The van der Waals surface area contributed by atoms with Crippen LogP contribution in [-0.4, -0.2) is 10.1 Å². The van der Waals surface area contributed by atoms with E-state index in [1.165, 1.54) is 0 Å². The molecule has 0 spiro atoms. The van der Waals surface area contributed by atoms with Crippen molar-refractivity contribution >= 4 is 0 Å². The molecule has 0 aromatic carbocycles. The number of nitrogens with one attached hydrogen (secondary N) is 1. The standard InChI is InChI=1S/C6H10N2O/c1-4(7)6-5(9)2-3-8-6/h2-4,8-9H,7H2,1H3. The van der Waals surface area contributed by atoms with Gasteiger partial charge in [0, 0.05) is 12.2 Å². The van der Waals surface area contributed by atoms with Gasteiger partial charge in [-0.2, -0.15) is 0 Å². The van der Waals surface area contributed by atoms with Crippen molar-refractivity contribution in [2.75, 3.05) is 0 Å². The Morgan fingerprint density at radius 3 is 2.67 bits per heavy atom. The van der Waals surface area contributed by atoms with Crippen LogP contribution < -0.4 is 5.73 Å². The van der Waals surface area contributed by atoms with E-state index in [0.717, 1.165) is 0 Å². The van der Waals surface area contributed by atoms with Gasteiger partial charge in [0.1, 0.15) is 5.75 Å². The van der Waals surface area contributed by atoms with Crippen LogP contribution >= 0.6 is 0 Å². The van der Waals surface area contributed by atoms with Crippen molar-refractivity contribution in [2.24, 2.45) is 5.73 Å². The lowest BCUT2D eigenvalue weighted by molar-refractivity contribution is 0.464. The van der Waals surface area contributed by atoms with Crippen molar-refractivity contribution < 1.29 is 5.11 Å². The molecular weight excluding hydrogens is 116 g/mol. The summed E-state index contributed by atoms with van der Waals surface area (Å²) in [6.07, 6.45) is 1.66. The second-order valence-electron chi connectivity index (χ2n) is 2.07. The van der Waals surface area contributed by atoms with Gasteiger partial charge in [0.25, 0.3) is 0 Å². The summed E-state index contributed by atoms with van der Waals surface area (Å²) in [7, 11) is 0. The zero-order valence-corrected chi connectivity index (χ0v) is 5.26. The smallest absolute Gasteiger partial charge is 0.137 e. The van der Waals surface area contributed by atoms with Crippen molar-refractivity contribution in [3.63, 3.8) is 0 Å². The van der Waals surface area contributed by atoms with Gasteiger partial charge >= 0.3 is 0 Å². The average Bonchev–Trinajstić information content (AvgIpc) is 2.13. The molecule has 0 aliphatic rings. The second kappa shape index (κ2) is 2.11. The van der Waals surface area contributed by atoms with Gasteiger partial charge in [0.15, 0.2) is 0 Å². The molecule has 1 unspecified atom stereocenters. The van der Waals surface area contributed by atoms with Crippen molar-refractivity contribution in [1.29, 1.82) is 0 Å². The maximum absolute atomic E-state index is 9.01. The quantitative estimate of drug-likeness (QED) is 0.519. The summed E-state index contributed by atoms with van der Waals surface area (Å²) in [6.45, 7) is 1.81. The lowest BCUT2D eigenvalue weighted by Gasteiger charge is -2.00. The Morgan fingerprint density at radius 1 is 1.78 bits per heavy atom. The van der Waals surface area contributed by atoms with Gasteiger partial charge in [-0.25, -0.2) is 0 Å². The van der Waals surface area contributed by atoms with Gasteiger partial charge in [-0.05, 0) is 13.0 Å². The third kappa shape index (κ3) is 1.05. The molecule has 3 heteroatoms.